The van der Waals surface area contributed by atoms with Gasteiger partial charge in [-0.25, -0.2) is 4.98 Å². The summed E-state index contributed by atoms with van der Waals surface area (Å²) in [4.78, 5) is 16.7. The van der Waals surface area contributed by atoms with Gasteiger partial charge in [0.25, 0.3) is 0 Å². The smallest absolute Gasteiger partial charge is 0.232 e. The van der Waals surface area contributed by atoms with Crippen molar-refractivity contribution < 1.29 is 4.79 Å². The highest BCUT2D eigenvalue weighted by Gasteiger charge is 2.42. The molecule has 4 heteroatoms. The zero-order chi connectivity index (χ0) is 11.9. The largest absolute Gasteiger partial charge is 0.367 e. The Hall–Kier alpha value is -1.58. The van der Waals surface area contributed by atoms with Crippen molar-refractivity contribution in [2.45, 2.75) is 32.6 Å². The molecule has 0 bridgehead atoms. The Bertz CT molecular complexity index is 464. The highest BCUT2D eigenvalue weighted by atomic mass is 16.2. The molecule has 4 nitrogen and oxygen atoms in total. The van der Waals surface area contributed by atoms with Crippen LogP contribution in [0.2, 0.25) is 0 Å². The van der Waals surface area contributed by atoms with E-state index in [2.05, 4.69) is 15.6 Å². The van der Waals surface area contributed by atoms with E-state index in [1.165, 1.54) is 0 Å². The molecular weight excluding hydrogens is 214 g/mol. The molecule has 0 aromatic carbocycles. The number of aromatic nitrogens is 1. The number of aryl methyl sites for hydroxylation is 1. The van der Waals surface area contributed by atoms with Gasteiger partial charge in [0.15, 0.2) is 0 Å². The molecule has 1 aliphatic carbocycles. The molecule has 2 heterocycles. The molecule has 1 amide bonds. The summed E-state index contributed by atoms with van der Waals surface area (Å²) in [6.07, 6.45) is 6.05. The number of hydrogen-bond donors (Lipinski definition) is 2. The van der Waals surface area contributed by atoms with Gasteiger partial charge in [-0.05, 0) is 31.4 Å². The van der Waals surface area contributed by atoms with Gasteiger partial charge in [0.2, 0.25) is 5.91 Å². The van der Waals surface area contributed by atoms with E-state index in [9.17, 15) is 4.79 Å². The van der Waals surface area contributed by atoms with E-state index >= 15 is 0 Å². The number of nitrogens with one attached hydrogen (secondary N) is 2. The zero-order valence-corrected chi connectivity index (χ0v) is 10.0. The van der Waals surface area contributed by atoms with Crippen molar-refractivity contribution in [2.24, 2.45) is 5.41 Å². The molecule has 90 valence electrons. The summed E-state index contributed by atoms with van der Waals surface area (Å²) in [6, 6.07) is 1.92. The standard InChI is InChI=1S/C13H17N3O/c1-9-4-7-14-11-10(9)16-12(17)13(8-15-11)5-2-3-6-13/h4,7H,2-3,5-6,8H2,1H3,(H,14,15)(H,16,17). The predicted octanol–water partition coefficient (Wildman–Crippen LogP) is 2.31. The van der Waals surface area contributed by atoms with Gasteiger partial charge >= 0.3 is 0 Å². The molecule has 1 aromatic rings. The van der Waals surface area contributed by atoms with Gasteiger partial charge in [-0.1, -0.05) is 12.8 Å². The first-order chi connectivity index (χ1) is 8.21. The van der Waals surface area contributed by atoms with Crippen LogP contribution in [0.25, 0.3) is 0 Å². The normalized spacial score (nSPS) is 21.6. The minimum absolute atomic E-state index is 0.164. The Morgan fingerprint density at radius 1 is 1.35 bits per heavy atom. The van der Waals surface area contributed by atoms with Gasteiger partial charge in [-0.3, -0.25) is 4.79 Å². The minimum Gasteiger partial charge on any atom is -0.367 e. The minimum atomic E-state index is -0.215. The molecule has 1 fully saturated rings. The number of amides is 1. The topological polar surface area (TPSA) is 54.0 Å². The van der Waals surface area contributed by atoms with Gasteiger partial charge in [0.05, 0.1) is 11.1 Å². The van der Waals surface area contributed by atoms with E-state index in [1.807, 2.05) is 13.0 Å². The monoisotopic (exact) mass is 231 g/mol. The third-order valence-corrected chi connectivity index (χ3v) is 4.03. The van der Waals surface area contributed by atoms with Crippen molar-refractivity contribution >= 4 is 17.4 Å². The lowest BCUT2D eigenvalue weighted by atomic mass is 9.85. The maximum atomic E-state index is 12.4. The Morgan fingerprint density at radius 3 is 2.88 bits per heavy atom. The van der Waals surface area contributed by atoms with Crippen LogP contribution in [0.3, 0.4) is 0 Å². The average molecular weight is 231 g/mol. The second-order valence-electron chi connectivity index (χ2n) is 5.15. The second-order valence-corrected chi connectivity index (χ2v) is 5.15. The molecular formula is C13H17N3O. The number of carbonyl (C=O) groups excluding carboxylic acids is 1. The van der Waals surface area contributed by atoms with Gasteiger partial charge in [0, 0.05) is 12.7 Å². The third-order valence-electron chi connectivity index (χ3n) is 4.03. The third kappa shape index (κ3) is 1.59. The summed E-state index contributed by atoms with van der Waals surface area (Å²) in [6.45, 7) is 2.71. The highest BCUT2D eigenvalue weighted by molar-refractivity contribution is 6.00. The molecule has 2 N–H and O–H groups in total. The summed E-state index contributed by atoms with van der Waals surface area (Å²) >= 11 is 0. The maximum absolute atomic E-state index is 12.4. The summed E-state index contributed by atoms with van der Waals surface area (Å²) in [5.74, 6) is 0.972. The molecule has 0 atom stereocenters. The van der Waals surface area contributed by atoms with E-state index in [-0.39, 0.29) is 11.3 Å². The fraction of sp³-hybridized carbons (Fsp3) is 0.538. The second kappa shape index (κ2) is 3.72. The molecule has 17 heavy (non-hydrogen) atoms. The maximum Gasteiger partial charge on any atom is 0.232 e. The van der Waals surface area contributed by atoms with Crippen molar-refractivity contribution in [2.75, 3.05) is 17.2 Å². The molecule has 3 rings (SSSR count). The molecule has 1 saturated carbocycles. The van der Waals surface area contributed by atoms with Gasteiger partial charge in [0.1, 0.15) is 5.82 Å². The van der Waals surface area contributed by atoms with Crippen LogP contribution < -0.4 is 10.6 Å². The number of carbonyl (C=O) groups is 1. The fourth-order valence-corrected chi connectivity index (χ4v) is 2.88. The van der Waals surface area contributed by atoms with Gasteiger partial charge < -0.3 is 10.6 Å². The highest BCUT2D eigenvalue weighted by Crippen LogP contribution is 2.42. The van der Waals surface area contributed by atoms with E-state index in [4.69, 9.17) is 0 Å². The van der Waals surface area contributed by atoms with E-state index in [0.717, 1.165) is 42.8 Å². The number of nitrogens with zero attached hydrogens (tertiary/aromatic N) is 1. The van der Waals surface area contributed by atoms with Crippen LogP contribution in [0.15, 0.2) is 12.3 Å². The summed E-state index contributed by atoms with van der Waals surface area (Å²) in [7, 11) is 0. The van der Waals surface area contributed by atoms with Crippen LogP contribution in [0.5, 0.6) is 0 Å². The van der Waals surface area contributed by atoms with Crippen molar-refractivity contribution in [3.8, 4) is 0 Å². The van der Waals surface area contributed by atoms with E-state index in [1.54, 1.807) is 6.20 Å². The van der Waals surface area contributed by atoms with E-state index < -0.39 is 0 Å². The lowest BCUT2D eigenvalue weighted by molar-refractivity contribution is -0.124. The van der Waals surface area contributed by atoms with Crippen LogP contribution in [0, 0.1) is 12.3 Å². The van der Waals surface area contributed by atoms with Crippen LogP contribution in [0.4, 0.5) is 11.5 Å². The first kappa shape index (κ1) is 10.6. The molecule has 0 saturated heterocycles. The lowest BCUT2D eigenvalue weighted by Crippen LogP contribution is -2.37. The van der Waals surface area contributed by atoms with Gasteiger partial charge in [-0.15, -0.1) is 0 Å². The first-order valence-electron chi connectivity index (χ1n) is 6.22. The molecule has 1 aromatic heterocycles. The SMILES string of the molecule is Cc1ccnc2c1NC(=O)C1(CCCC1)CN2. The van der Waals surface area contributed by atoms with Crippen LogP contribution in [0.1, 0.15) is 31.2 Å². The fourth-order valence-electron chi connectivity index (χ4n) is 2.88. The van der Waals surface area contributed by atoms with Gasteiger partial charge in [-0.2, -0.15) is 0 Å². The first-order valence-corrected chi connectivity index (χ1v) is 6.22. The Balaban J connectivity index is 1.99. The molecule has 2 aliphatic rings. The zero-order valence-electron chi connectivity index (χ0n) is 10.0. The summed E-state index contributed by atoms with van der Waals surface area (Å²) in [5.41, 5.74) is 1.69. The summed E-state index contributed by atoms with van der Waals surface area (Å²) in [5, 5.41) is 6.39. The molecule has 1 spiro atoms. The van der Waals surface area contributed by atoms with Crippen molar-refractivity contribution in [1.29, 1.82) is 0 Å². The molecule has 0 unspecified atom stereocenters. The molecule has 0 radical (unpaired) electrons. The summed E-state index contributed by atoms with van der Waals surface area (Å²) < 4.78 is 0. The number of anilines is 2. The number of rotatable bonds is 0. The Labute approximate surface area is 101 Å². The van der Waals surface area contributed by atoms with Crippen molar-refractivity contribution in [1.82, 2.24) is 4.98 Å². The Kier molecular flexibility index (Phi) is 2.31. The number of fused-ring (bicyclic) bond motifs is 1. The average Bonchev–Trinajstić information content (AvgIpc) is 2.74. The van der Waals surface area contributed by atoms with Crippen LogP contribution in [-0.2, 0) is 4.79 Å². The quantitative estimate of drug-likeness (QED) is 0.720. The predicted molar refractivity (Wildman–Crippen MR) is 67.0 cm³/mol. The van der Waals surface area contributed by atoms with Crippen molar-refractivity contribution in [3.05, 3.63) is 17.8 Å². The van der Waals surface area contributed by atoms with Crippen LogP contribution >= 0.6 is 0 Å². The van der Waals surface area contributed by atoms with Crippen LogP contribution in [-0.4, -0.2) is 17.4 Å². The number of hydrogen-bond acceptors (Lipinski definition) is 3. The lowest BCUT2D eigenvalue weighted by Gasteiger charge is -2.24. The molecule has 1 aliphatic heterocycles. The Morgan fingerprint density at radius 2 is 2.12 bits per heavy atom. The van der Waals surface area contributed by atoms with Crippen molar-refractivity contribution in [3.63, 3.8) is 0 Å². The number of pyridine rings is 1. The van der Waals surface area contributed by atoms with E-state index in [0.29, 0.717) is 6.54 Å².